The van der Waals surface area contributed by atoms with Gasteiger partial charge in [0.05, 0.1) is 5.75 Å². The number of hydrogen-bond donors (Lipinski definition) is 2. The van der Waals surface area contributed by atoms with Crippen LogP contribution in [0.15, 0.2) is 0 Å². The van der Waals surface area contributed by atoms with Gasteiger partial charge in [0.15, 0.2) is 0 Å². The number of sulfonamides is 1. The van der Waals surface area contributed by atoms with E-state index in [2.05, 4.69) is 5.32 Å². The van der Waals surface area contributed by atoms with E-state index in [0.717, 1.165) is 19.0 Å². The Morgan fingerprint density at radius 3 is 2.58 bits per heavy atom. The number of nitrogens with two attached hydrogens (primary N) is 1. The molecule has 0 aromatic carbocycles. The first-order chi connectivity index (χ1) is 5.58. The fourth-order valence-electron chi connectivity index (χ4n) is 1.03. The van der Waals surface area contributed by atoms with Crippen molar-refractivity contribution in [2.24, 2.45) is 11.1 Å². The first kappa shape index (κ1) is 9.95. The van der Waals surface area contributed by atoms with E-state index in [9.17, 15) is 8.42 Å². The van der Waals surface area contributed by atoms with Crippen molar-refractivity contribution in [1.29, 1.82) is 0 Å². The summed E-state index contributed by atoms with van der Waals surface area (Å²) in [7, 11) is -3.25. The summed E-state index contributed by atoms with van der Waals surface area (Å²) in [6, 6.07) is 0. The standard InChI is InChI=1S/C7H16N2O2S/c8-12(10,11)5-1-4-9-6-7-2-3-7/h7,9H,1-6H2,(H2,8,10,11). The third-order valence-electron chi connectivity index (χ3n) is 1.91. The fraction of sp³-hybridized carbons (Fsp3) is 1.00. The molecule has 1 rings (SSSR count). The van der Waals surface area contributed by atoms with Gasteiger partial charge in [-0.05, 0) is 38.3 Å². The smallest absolute Gasteiger partial charge is 0.209 e. The Hall–Kier alpha value is -0.130. The third kappa shape index (κ3) is 5.51. The molecule has 0 aromatic rings. The van der Waals surface area contributed by atoms with E-state index in [4.69, 9.17) is 5.14 Å². The predicted molar refractivity (Wildman–Crippen MR) is 48.2 cm³/mol. The van der Waals surface area contributed by atoms with E-state index in [0.29, 0.717) is 6.42 Å². The molecular weight excluding hydrogens is 176 g/mol. The minimum atomic E-state index is -3.25. The molecule has 12 heavy (non-hydrogen) atoms. The molecule has 0 aromatic heterocycles. The quantitative estimate of drug-likeness (QED) is 0.566. The third-order valence-corrected chi connectivity index (χ3v) is 2.77. The van der Waals surface area contributed by atoms with Gasteiger partial charge in [-0.15, -0.1) is 0 Å². The average molecular weight is 192 g/mol. The minimum absolute atomic E-state index is 0.0880. The molecule has 0 unspecified atom stereocenters. The topological polar surface area (TPSA) is 72.2 Å². The van der Waals surface area contributed by atoms with Crippen molar-refractivity contribution in [1.82, 2.24) is 5.32 Å². The monoisotopic (exact) mass is 192 g/mol. The van der Waals surface area contributed by atoms with Crippen LogP contribution in [0.2, 0.25) is 0 Å². The molecule has 4 nitrogen and oxygen atoms in total. The van der Waals surface area contributed by atoms with Gasteiger partial charge in [-0.3, -0.25) is 0 Å². The van der Waals surface area contributed by atoms with Crippen LogP contribution in [0.1, 0.15) is 19.3 Å². The minimum Gasteiger partial charge on any atom is -0.316 e. The summed E-state index contributed by atoms with van der Waals surface area (Å²) in [5.74, 6) is 0.935. The molecule has 5 heteroatoms. The largest absolute Gasteiger partial charge is 0.316 e. The zero-order chi connectivity index (χ0) is 9.03. The van der Waals surface area contributed by atoms with Crippen LogP contribution in [0.3, 0.4) is 0 Å². The van der Waals surface area contributed by atoms with Gasteiger partial charge in [-0.2, -0.15) is 0 Å². The second-order valence-electron chi connectivity index (χ2n) is 3.37. The molecule has 1 fully saturated rings. The van der Waals surface area contributed by atoms with Crippen LogP contribution >= 0.6 is 0 Å². The fourth-order valence-corrected chi connectivity index (χ4v) is 1.57. The Balaban J connectivity index is 1.88. The summed E-state index contributed by atoms with van der Waals surface area (Å²) >= 11 is 0. The van der Waals surface area contributed by atoms with Gasteiger partial charge >= 0.3 is 0 Å². The molecule has 0 radical (unpaired) electrons. The van der Waals surface area contributed by atoms with Crippen LogP contribution in [0.5, 0.6) is 0 Å². The Morgan fingerprint density at radius 2 is 2.08 bits per heavy atom. The Labute approximate surface area is 73.6 Å². The maximum Gasteiger partial charge on any atom is 0.209 e. The van der Waals surface area contributed by atoms with E-state index in [1.165, 1.54) is 12.8 Å². The van der Waals surface area contributed by atoms with Gasteiger partial charge in [0.25, 0.3) is 0 Å². The van der Waals surface area contributed by atoms with Crippen LogP contribution in [0, 0.1) is 5.92 Å². The van der Waals surface area contributed by atoms with Crippen LogP contribution in [0.25, 0.3) is 0 Å². The van der Waals surface area contributed by atoms with E-state index < -0.39 is 10.0 Å². The van der Waals surface area contributed by atoms with Crippen molar-refractivity contribution in [3.8, 4) is 0 Å². The highest BCUT2D eigenvalue weighted by Crippen LogP contribution is 2.27. The first-order valence-electron chi connectivity index (χ1n) is 4.29. The molecule has 0 aliphatic heterocycles. The molecular formula is C7H16N2O2S. The van der Waals surface area contributed by atoms with Crippen LogP contribution < -0.4 is 10.5 Å². The zero-order valence-corrected chi connectivity index (χ0v) is 7.94. The molecule has 0 bridgehead atoms. The second-order valence-corrected chi connectivity index (χ2v) is 5.10. The summed E-state index contributed by atoms with van der Waals surface area (Å²) < 4.78 is 21.0. The predicted octanol–water partition coefficient (Wildman–Crippen LogP) is -0.335. The van der Waals surface area contributed by atoms with E-state index in [-0.39, 0.29) is 5.75 Å². The highest BCUT2D eigenvalue weighted by molar-refractivity contribution is 7.89. The van der Waals surface area contributed by atoms with Gasteiger partial charge in [-0.25, -0.2) is 13.6 Å². The SMILES string of the molecule is NS(=O)(=O)CCCNCC1CC1. The van der Waals surface area contributed by atoms with Crippen molar-refractivity contribution >= 4 is 10.0 Å². The molecule has 0 heterocycles. The van der Waals surface area contributed by atoms with Gasteiger partial charge in [0.1, 0.15) is 0 Å². The Morgan fingerprint density at radius 1 is 1.42 bits per heavy atom. The first-order valence-corrected chi connectivity index (χ1v) is 6.00. The number of hydrogen-bond acceptors (Lipinski definition) is 3. The lowest BCUT2D eigenvalue weighted by Gasteiger charge is -2.01. The van der Waals surface area contributed by atoms with Crippen LogP contribution in [-0.4, -0.2) is 27.3 Å². The molecule has 3 N–H and O–H groups in total. The molecule has 0 amide bonds. The molecule has 1 aliphatic carbocycles. The van der Waals surface area contributed by atoms with E-state index in [1.807, 2.05) is 0 Å². The number of nitrogens with one attached hydrogen (secondary N) is 1. The number of rotatable bonds is 6. The summed E-state index contributed by atoms with van der Waals surface area (Å²) in [6.45, 7) is 1.79. The lowest BCUT2D eigenvalue weighted by atomic mass is 10.4. The van der Waals surface area contributed by atoms with Gasteiger partial charge in [-0.1, -0.05) is 0 Å². The van der Waals surface area contributed by atoms with Crippen LogP contribution in [0.4, 0.5) is 0 Å². The Bertz CT molecular complexity index is 222. The molecule has 72 valence electrons. The summed E-state index contributed by atoms with van der Waals surface area (Å²) in [6.07, 6.45) is 3.26. The van der Waals surface area contributed by atoms with Gasteiger partial charge in [0.2, 0.25) is 10.0 Å². The van der Waals surface area contributed by atoms with Crippen molar-refractivity contribution in [2.75, 3.05) is 18.8 Å². The average Bonchev–Trinajstić information content (AvgIpc) is 2.68. The summed E-state index contributed by atoms with van der Waals surface area (Å²) in [5, 5.41) is 8.03. The van der Waals surface area contributed by atoms with E-state index >= 15 is 0 Å². The van der Waals surface area contributed by atoms with Crippen LogP contribution in [-0.2, 0) is 10.0 Å². The molecule has 1 aliphatic rings. The lowest BCUT2D eigenvalue weighted by molar-refractivity contribution is 0.586. The van der Waals surface area contributed by atoms with Crippen molar-refractivity contribution < 1.29 is 8.42 Å². The maximum atomic E-state index is 10.5. The molecule has 0 saturated heterocycles. The summed E-state index contributed by atoms with van der Waals surface area (Å²) in [5.41, 5.74) is 0. The van der Waals surface area contributed by atoms with Gasteiger partial charge < -0.3 is 5.32 Å². The number of primary sulfonamides is 1. The van der Waals surface area contributed by atoms with Crippen molar-refractivity contribution in [3.05, 3.63) is 0 Å². The van der Waals surface area contributed by atoms with Crippen molar-refractivity contribution in [3.63, 3.8) is 0 Å². The molecule has 1 saturated carbocycles. The van der Waals surface area contributed by atoms with E-state index in [1.54, 1.807) is 0 Å². The molecule has 0 atom stereocenters. The molecule has 0 spiro atoms. The second kappa shape index (κ2) is 4.20. The highest BCUT2D eigenvalue weighted by Gasteiger charge is 2.19. The van der Waals surface area contributed by atoms with Gasteiger partial charge in [0, 0.05) is 0 Å². The summed E-state index contributed by atoms with van der Waals surface area (Å²) in [4.78, 5) is 0. The zero-order valence-electron chi connectivity index (χ0n) is 7.12. The normalized spacial score (nSPS) is 18.1. The maximum absolute atomic E-state index is 10.5. The Kier molecular flexibility index (Phi) is 3.49. The highest BCUT2D eigenvalue weighted by atomic mass is 32.2. The lowest BCUT2D eigenvalue weighted by Crippen LogP contribution is -2.23. The van der Waals surface area contributed by atoms with Crippen molar-refractivity contribution in [2.45, 2.75) is 19.3 Å².